The molecule has 2 N–H and O–H groups in total. The van der Waals surface area contributed by atoms with E-state index in [0.29, 0.717) is 22.3 Å². The van der Waals surface area contributed by atoms with Crippen molar-refractivity contribution in [3.8, 4) is 5.75 Å². The molecule has 0 aliphatic carbocycles. The monoisotopic (exact) mass is 373 g/mol. The van der Waals surface area contributed by atoms with Crippen LogP contribution in [-0.2, 0) is 6.54 Å². The Morgan fingerprint density at radius 2 is 1.72 bits per heavy atom. The van der Waals surface area contributed by atoms with Gasteiger partial charge in [-0.2, -0.15) is 0 Å². The third-order valence-corrected chi connectivity index (χ3v) is 3.43. The zero-order valence-corrected chi connectivity index (χ0v) is 12.4. The molecule has 0 saturated heterocycles. The second kappa shape index (κ2) is 5.71. The van der Waals surface area contributed by atoms with Crippen molar-refractivity contribution >= 4 is 37.5 Å². The highest BCUT2D eigenvalue weighted by molar-refractivity contribution is 9.10. The number of benzene rings is 2. The van der Waals surface area contributed by atoms with Crippen molar-refractivity contribution < 1.29 is 9.50 Å². The average molecular weight is 375 g/mol. The summed E-state index contributed by atoms with van der Waals surface area (Å²) >= 11 is 6.53. The lowest BCUT2D eigenvalue weighted by atomic mass is 10.2. The zero-order chi connectivity index (χ0) is 13.1. The van der Waals surface area contributed by atoms with E-state index in [2.05, 4.69) is 37.2 Å². The number of aromatic hydroxyl groups is 1. The lowest BCUT2D eigenvalue weighted by molar-refractivity contribution is 0.469. The van der Waals surface area contributed by atoms with E-state index in [4.69, 9.17) is 0 Å². The largest absolute Gasteiger partial charge is 0.508 e. The van der Waals surface area contributed by atoms with Crippen LogP contribution in [0, 0.1) is 5.82 Å². The summed E-state index contributed by atoms with van der Waals surface area (Å²) in [5, 5.41) is 12.6. The Labute approximate surface area is 121 Å². The van der Waals surface area contributed by atoms with Crippen LogP contribution < -0.4 is 5.32 Å². The van der Waals surface area contributed by atoms with Crippen LogP contribution in [0.25, 0.3) is 0 Å². The topological polar surface area (TPSA) is 32.3 Å². The van der Waals surface area contributed by atoms with Gasteiger partial charge >= 0.3 is 0 Å². The lowest BCUT2D eigenvalue weighted by Crippen LogP contribution is -2.01. The fourth-order valence-electron chi connectivity index (χ4n) is 1.52. The van der Waals surface area contributed by atoms with Crippen molar-refractivity contribution in [3.05, 3.63) is 56.7 Å². The maximum atomic E-state index is 13.6. The van der Waals surface area contributed by atoms with Crippen molar-refractivity contribution in [2.45, 2.75) is 6.54 Å². The van der Waals surface area contributed by atoms with Crippen LogP contribution in [0.2, 0.25) is 0 Å². The second-order valence-electron chi connectivity index (χ2n) is 3.75. The summed E-state index contributed by atoms with van der Waals surface area (Å²) in [6, 6.07) is 9.93. The summed E-state index contributed by atoms with van der Waals surface area (Å²) in [7, 11) is 0. The van der Waals surface area contributed by atoms with Gasteiger partial charge in [0, 0.05) is 21.1 Å². The molecule has 0 atom stereocenters. The van der Waals surface area contributed by atoms with Crippen LogP contribution >= 0.6 is 31.9 Å². The highest BCUT2D eigenvalue weighted by atomic mass is 79.9. The fourth-order valence-corrected chi connectivity index (χ4v) is 2.26. The predicted molar refractivity (Wildman–Crippen MR) is 77.2 cm³/mol. The van der Waals surface area contributed by atoms with Crippen LogP contribution in [0.1, 0.15) is 5.56 Å². The number of phenols is 1. The van der Waals surface area contributed by atoms with Gasteiger partial charge in [0.15, 0.2) is 0 Å². The van der Waals surface area contributed by atoms with Crippen molar-refractivity contribution in [3.63, 3.8) is 0 Å². The molecule has 0 unspecified atom stereocenters. The molecule has 0 bridgehead atoms. The lowest BCUT2D eigenvalue weighted by Gasteiger charge is -2.09. The van der Waals surface area contributed by atoms with Crippen LogP contribution in [-0.4, -0.2) is 5.11 Å². The number of phenolic OH excluding ortho intramolecular Hbond substituents is 1. The number of anilines is 1. The van der Waals surface area contributed by atoms with E-state index in [-0.39, 0.29) is 11.6 Å². The molecule has 0 aliphatic rings. The molecule has 0 spiro atoms. The summed E-state index contributed by atoms with van der Waals surface area (Å²) in [6.45, 7) is 0.351. The van der Waals surface area contributed by atoms with Gasteiger partial charge in [-0.25, -0.2) is 4.39 Å². The number of nitrogens with one attached hydrogen (secondary N) is 1. The minimum Gasteiger partial charge on any atom is -0.508 e. The quantitative estimate of drug-likeness (QED) is 0.818. The third-order valence-electron chi connectivity index (χ3n) is 2.44. The normalized spacial score (nSPS) is 10.4. The molecule has 2 rings (SSSR count). The minimum absolute atomic E-state index is 0.184. The molecule has 2 aromatic carbocycles. The summed E-state index contributed by atoms with van der Waals surface area (Å²) in [5.74, 6) is -0.151. The molecule has 0 heterocycles. The molecular weight excluding hydrogens is 365 g/mol. The van der Waals surface area contributed by atoms with Gasteiger partial charge in [0.2, 0.25) is 0 Å². The molecule has 0 saturated carbocycles. The highest BCUT2D eigenvalue weighted by Crippen LogP contribution is 2.24. The molecule has 0 radical (unpaired) electrons. The number of hydrogen-bond acceptors (Lipinski definition) is 2. The van der Waals surface area contributed by atoms with Gasteiger partial charge in [-0.3, -0.25) is 0 Å². The van der Waals surface area contributed by atoms with Crippen molar-refractivity contribution in [2.24, 2.45) is 0 Å². The van der Waals surface area contributed by atoms with Crippen LogP contribution in [0.4, 0.5) is 10.1 Å². The van der Waals surface area contributed by atoms with Crippen molar-refractivity contribution in [1.82, 2.24) is 0 Å². The van der Waals surface area contributed by atoms with E-state index in [1.54, 1.807) is 30.3 Å². The Balaban J connectivity index is 2.13. The van der Waals surface area contributed by atoms with E-state index in [0.717, 1.165) is 4.47 Å². The van der Waals surface area contributed by atoms with Gasteiger partial charge in [0.1, 0.15) is 11.6 Å². The van der Waals surface area contributed by atoms with E-state index in [9.17, 15) is 9.50 Å². The molecule has 0 amide bonds. The van der Waals surface area contributed by atoms with E-state index >= 15 is 0 Å². The highest BCUT2D eigenvalue weighted by Gasteiger charge is 2.05. The summed E-state index contributed by atoms with van der Waals surface area (Å²) in [6.07, 6.45) is 0. The first-order valence-corrected chi connectivity index (χ1v) is 6.81. The Kier molecular flexibility index (Phi) is 4.24. The fraction of sp³-hybridized carbons (Fsp3) is 0.0769. The van der Waals surface area contributed by atoms with Gasteiger partial charge in [-0.15, -0.1) is 0 Å². The first-order chi connectivity index (χ1) is 8.56. The summed E-state index contributed by atoms with van der Waals surface area (Å²) in [5.41, 5.74) is 1.10. The Hall–Kier alpha value is -1.07. The molecule has 18 heavy (non-hydrogen) atoms. The van der Waals surface area contributed by atoms with Gasteiger partial charge in [-0.1, -0.05) is 31.9 Å². The molecule has 2 aromatic rings. The summed E-state index contributed by atoms with van der Waals surface area (Å²) < 4.78 is 15.1. The maximum Gasteiger partial charge on any atom is 0.147 e. The molecular formula is C13H10Br2FNO. The van der Waals surface area contributed by atoms with Crippen molar-refractivity contribution in [2.75, 3.05) is 5.32 Å². The SMILES string of the molecule is Oc1ccc(Br)cc1CNc1ccc(Br)cc1F. The first kappa shape index (κ1) is 13.4. The van der Waals surface area contributed by atoms with Crippen LogP contribution in [0.15, 0.2) is 45.3 Å². The van der Waals surface area contributed by atoms with Gasteiger partial charge < -0.3 is 10.4 Å². The smallest absolute Gasteiger partial charge is 0.147 e. The van der Waals surface area contributed by atoms with E-state index in [1.807, 2.05) is 0 Å². The third kappa shape index (κ3) is 3.23. The van der Waals surface area contributed by atoms with E-state index < -0.39 is 0 Å². The standard InChI is InChI=1S/C13H10Br2FNO/c14-9-2-4-13(18)8(5-9)7-17-12-3-1-10(15)6-11(12)16/h1-6,17-18H,7H2. The first-order valence-electron chi connectivity index (χ1n) is 5.22. The summed E-state index contributed by atoms with van der Waals surface area (Å²) in [4.78, 5) is 0. The molecule has 0 fully saturated rings. The maximum absolute atomic E-state index is 13.6. The molecule has 5 heteroatoms. The van der Waals surface area contributed by atoms with Crippen LogP contribution in [0.5, 0.6) is 5.75 Å². The molecule has 0 aromatic heterocycles. The average Bonchev–Trinajstić information content (AvgIpc) is 2.32. The number of rotatable bonds is 3. The predicted octanol–water partition coefficient (Wildman–Crippen LogP) is 4.67. The number of halogens is 3. The van der Waals surface area contributed by atoms with Crippen molar-refractivity contribution in [1.29, 1.82) is 0 Å². The molecule has 0 aliphatic heterocycles. The second-order valence-corrected chi connectivity index (χ2v) is 5.58. The Morgan fingerprint density at radius 1 is 1.06 bits per heavy atom. The van der Waals surface area contributed by atoms with Gasteiger partial charge in [0.05, 0.1) is 5.69 Å². The molecule has 2 nitrogen and oxygen atoms in total. The zero-order valence-electron chi connectivity index (χ0n) is 9.25. The number of hydrogen-bond donors (Lipinski definition) is 2. The minimum atomic E-state index is -0.334. The Morgan fingerprint density at radius 3 is 2.44 bits per heavy atom. The van der Waals surface area contributed by atoms with E-state index in [1.165, 1.54) is 6.07 Å². The molecule has 94 valence electrons. The van der Waals surface area contributed by atoms with Gasteiger partial charge in [0.25, 0.3) is 0 Å². The van der Waals surface area contributed by atoms with Gasteiger partial charge in [-0.05, 0) is 36.4 Å². The Bertz CT molecular complexity index is 575. The van der Waals surface area contributed by atoms with Crippen LogP contribution in [0.3, 0.4) is 0 Å².